The van der Waals surface area contributed by atoms with Gasteiger partial charge in [0.2, 0.25) is 0 Å². The molecular formula is C7H13N3. The van der Waals surface area contributed by atoms with Crippen molar-refractivity contribution in [1.82, 2.24) is 0 Å². The monoisotopic (exact) mass is 139 g/mol. The molecule has 3 heteroatoms. The van der Waals surface area contributed by atoms with E-state index in [0.29, 0.717) is 11.5 Å². The number of hydrogen-bond donors (Lipinski definition) is 2. The van der Waals surface area contributed by atoms with Crippen molar-refractivity contribution < 1.29 is 0 Å². The number of allylic oxidation sites excluding steroid dienone is 1. The Balaban J connectivity index is 4.51. The molecule has 0 aromatic rings. The van der Waals surface area contributed by atoms with E-state index in [1.165, 1.54) is 6.20 Å². The van der Waals surface area contributed by atoms with Gasteiger partial charge in [0.25, 0.3) is 0 Å². The van der Waals surface area contributed by atoms with Gasteiger partial charge in [0, 0.05) is 6.20 Å². The molecule has 0 rings (SSSR count). The minimum Gasteiger partial charge on any atom is -0.396 e. The molecule has 3 nitrogen and oxygen atoms in total. The van der Waals surface area contributed by atoms with Crippen molar-refractivity contribution in [2.75, 3.05) is 0 Å². The minimum atomic E-state index is 0.329. The molecule has 0 saturated heterocycles. The molecule has 0 aliphatic heterocycles. The zero-order chi connectivity index (χ0) is 8.15. The van der Waals surface area contributed by atoms with E-state index < -0.39 is 0 Å². The van der Waals surface area contributed by atoms with E-state index in [1.54, 1.807) is 0 Å². The van der Waals surface area contributed by atoms with Crippen LogP contribution >= 0.6 is 0 Å². The highest BCUT2D eigenvalue weighted by Gasteiger charge is 1.95. The van der Waals surface area contributed by atoms with E-state index >= 15 is 0 Å². The van der Waals surface area contributed by atoms with Crippen molar-refractivity contribution in [3.05, 3.63) is 24.0 Å². The van der Waals surface area contributed by atoms with Gasteiger partial charge in [0.05, 0.1) is 5.70 Å². The molecule has 10 heavy (non-hydrogen) atoms. The van der Waals surface area contributed by atoms with E-state index in [0.717, 1.165) is 5.57 Å². The lowest BCUT2D eigenvalue weighted by Crippen LogP contribution is -2.21. The van der Waals surface area contributed by atoms with Gasteiger partial charge in [-0.05, 0) is 19.4 Å². The summed E-state index contributed by atoms with van der Waals surface area (Å²) in [5.41, 5.74) is 12.4. The molecule has 0 aromatic heterocycles. The number of aliphatic imine (C=N–C) groups is 1. The van der Waals surface area contributed by atoms with Crippen molar-refractivity contribution in [3.63, 3.8) is 0 Å². The van der Waals surface area contributed by atoms with Gasteiger partial charge < -0.3 is 11.5 Å². The lowest BCUT2D eigenvalue weighted by molar-refractivity contribution is 1.26. The molecule has 0 aromatic carbocycles. The van der Waals surface area contributed by atoms with Crippen LogP contribution in [0.15, 0.2) is 29.0 Å². The van der Waals surface area contributed by atoms with Gasteiger partial charge in [-0.2, -0.15) is 0 Å². The Hall–Kier alpha value is -1.25. The first-order valence-corrected chi connectivity index (χ1v) is 2.97. The average molecular weight is 139 g/mol. The second-order valence-corrected chi connectivity index (χ2v) is 2.11. The topological polar surface area (TPSA) is 64.4 Å². The number of rotatable bonds is 2. The van der Waals surface area contributed by atoms with Crippen LogP contribution in [0, 0.1) is 0 Å². The Labute approximate surface area is 61.1 Å². The highest BCUT2D eigenvalue weighted by Crippen LogP contribution is 1.94. The van der Waals surface area contributed by atoms with Crippen molar-refractivity contribution in [3.8, 4) is 0 Å². The van der Waals surface area contributed by atoms with E-state index in [-0.39, 0.29) is 0 Å². The molecule has 0 fully saturated rings. The number of nitrogens with two attached hydrogens (primary N) is 2. The highest BCUT2D eigenvalue weighted by molar-refractivity contribution is 5.96. The molecule has 0 heterocycles. The van der Waals surface area contributed by atoms with Crippen LogP contribution in [0.2, 0.25) is 0 Å². The molecule has 0 unspecified atom stereocenters. The lowest BCUT2D eigenvalue weighted by atomic mass is 10.2. The number of amidine groups is 1. The van der Waals surface area contributed by atoms with Gasteiger partial charge in [0.1, 0.15) is 5.84 Å². The van der Waals surface area contributed by atoms with Gasteiger partial charge >= 0.3 is 0 Å². The van der Waals surface area contributed by atoms with Gasteiger partial charge in [-0.3, -0.25) is 0 Å². The zero-order valence-electron chi connectivity index (χ0n) is 6.39. The second kappa shape index (κ2) is 3.71. The molecule has 56 valence electrons. The maximum absolute atomic E-state index is 5.52. The second-order valence-electron chi connectivity index (χ2n) is 2.11. The van der Waals surface area contributed by atoms with Crippen LogP contribution in [0.5, 0.6) is 0 Å². The molecule has 0 radical (unpaired) electrons. The normalized spacial score (nSPS) is 10.8. The van der Waals surface area contributed by atoms with E-state index in [1.807, 2.05) is 13.8 Å². The summed E-state index contributed by atoms with van der Waals surface area (Å²) in [6.07, 6.45) is 1.37. The summed E-state index contributed by atoms with van der Waals surface area (Å²) >= 11 is 0. The van der Waals surface area contributed by atoms with E-state index in [2.05, 4.69) is 11.6 Å². The van der Waals surface area contributed by atoms with Gasteiger partial charge in [-0.1, -0.05) is 6.58 Å². The number of nitrogens with zero attached hydrogens (tertiary/aromatic N) is 1. The first kappa shape index (κ1) is 8.75. The van der Waals surface area contributed by atoms with Crippen LogP contribution < -0.4 is 11.5 Å². The third kappa shape index (κ3) is 2.35. The quantitative estimate of drug-likeness (QED) is 0.437. The van der Waals surface area contributed by atoms with Crippen molar-refractivity contribution in [2.24, 2.45) is 16.5 Å². The Morgan fingerprint density at radius 1 is 1.40 bits per heavy atom. The fraction of sp³-hybridized carbons (Fsp3) is 0.286. The predicted molar refractivity (Wildman–Crippen MR) is 44.4 cm³/mol. The summed E-state index contributed by atoms with van der Waals surface area (Å²) < 4.78 is 0. The number of hydrogen-bond acceptors (Lipinski definition) is 2. The van der Waals surface area contributed by atoms with Crippen LogP contribution in [0.4, 0.5) is 0 Å². The van der Waals surface area contributed by atoms with Crippen LogP contribution in [0.1, 0.15) is 13.8 Å². The van der Waals surface area contributed by atoms with E-state index in [9.17, 15) is 0 Å². The summed E-state index contributed by atoms with van der Waals surface area (Å²) in [5.74, 6) is 0.329. The summed E-state index contributed by atoms with van der Waals surface area (Å²) in [6.45, 7) is 7.15. The molecule has 0 aliphatic carbocycles. The van der Waals surface area contributed by atoms with Crippen LogP contribution in [0.25, 0.3) is 0 Å². The minimum absolute atomic E-state index is 0.329. The summed E-state index contributed by atoms with van der Waals surface area (Å²) in [4.78, 5) is 3.72. The summed E-state index contributed by atoms with van der Waals surface area (Å²) in [5, 5.41) is 0. The molecule has 4 N–H and O–H groups in total. The fourth-order valence-electron chi connectivity index (χ4n) is 0.424. The zero-order valence-corrected chi connectivity index (χ0v) is 6.39. The highest BCUT2D eigenvalue weighted by atomic mass is 14.9. The first-order chi connectivity index (χ1) is 4.59. The van der Waals surface area contributed by atoms with Crippen molar-refractivity contribution >= 4 is 5.84 Å². The molecule has 0 amide bonds. The molecule has 0 spiro atoms. The van der Waals surface area contributed by atoms with Crippen molar-refractivity contribution in [1.29, 1.82) is 0 Å². The van der Waals surface area contributed by atoms with E-state index in [4.69, 9.17) is 11.5 Å². The maximum Gasteiger partial charge on any atom is 0.146 e. The third-order valence-electron chi connectivity index (χ3n) is 1.05. The molecule has 0 bridgehead atoms. The molecule has 0 saturated carbocycles. The SMILES string of the molecule is C=CN=C(N)C(N)=C(C)C. The summed E-state index contributed by atoms with van der Waals surface area (Å²) in [7, 11) is 0. The first-order valence-electron chi connectivity index (χ1n) is 2.97. The standard InChI is InChI=1S/C7H13N3/c1-4-10-7(9)6(8)5(2)3/h4H,1,8H2,2-3H3,(H2,9,10). The fourth-order valence-corrected chi connectivity index (χ4v) is 0.424. The molecule has 0 aliphatic rings. The molecule has 0 atom stereocenters. The molecular weight excluding hydrogens is 126 g/mol. The van der Waals surface area contributed by atoms with Crippen LogP contribution in [-0.2, 0) is 0 Å². The smallest absolute Gasteiger partial charge is 0.146 e. The van der Waals surface area contributed by atoms with Crippen LogP contribution in [-0.4, -0.2) is 5.84 Å². The van der Waals surface area contributed by atoms with Crippen molar-refractivity contribution in [2.45, 2.75) is 13.8 Å². The predicted octanol–water partition coefficient (Wildman–Crippen LogP) is 0.740. The lowest BCUT2D eigenvalue weighted by Gasteiger charge is -2.00. The Morgan fingerprint density at radius 2 is 1.90 bits per heavy atom. The summed E-state index contributed by atoms with van der Waals surface area (Å²) in [6, 6.07) is 0. The Morgan fingerprint density at radius 3 is 2.20 bits per heavy atom. The van der Waals surface area contributed by atoms with Gasteiger partial charge in [0.15, 0.2) is 0 Å². The third-order valence-corrected chi connectivity index (χ3v) is 1.05. The Kier molecular flexibility index (Phi) is 3.25. The largest absolute Gasteiger partial charge is 0.396 e. The van der Waals surface area contributed by atoms with Crippen LogP contribution in [0.3, 0.4) is 0 Å². The Bertz CT molecular complexity index is 185. The van der Waals surface area contributed by atoms with Gasteiger partial charge in [-0.15, -0.1) is 0 Å². The average Bonchev–Trinajstić information content (AvgIpc) is 1.87. The maximum atomic E-state index is 5.52. The van der Waals surface area contributed by atoms with Gasteiger partial charge in [-0.25, -0.2) is 4.99 Å².